The van der Waals surface area contributed by atoms with Gasteiger partial charge in [0.1, 0.15) is 22.7 Å². The predicted molar refractivity (Wildman–Crippen MR) is 204 cm³/mol. The van der Waals surface area contributed by atoms with Crippen LogP contribution in [0.5, 0.6) is 0 Å². The van der Waals surface area contributed by atoms with E-state index in [0.29, 0.717) is 42.8 Å². The molecule has 1 aromatic carbocycles. The molecular formula is C42H50N4O11. The Morgan fingerprint density at radius 1 is 0.982 bits per heavy atom. The van der Waals surface area contributed by atoms with Gasteiger partial charge in [-0.1, -0.05) is 37.1 Å². The highest BCUT2D eigenvalue weighted by molar-refractivity contribution is 6.25. The van der Waals surface area contributed by atoms with Gasteiger partial charge in [-0.05, 0) is 83.4 Å². The molecular weight excluding hydrogens is 736 g/mol. The number of fused-ring (bicyclic) bond motifs is 1. The van der Waals surface area contributed by atoms with Gasteiger partial charge < -0.3 is 24.8 Å². The first-order chi connectivity index (χ1) is 27.2. The van der Waals surface area contributed by atoms with Crippen molar-refractivity contribution >= 4 is 53.1 Å². The molecule has 3 fully saturated rings. The van der Waals surface area contributed by atoms with Gasteiger partial charge in [-0.15, -0.1) is 0 Å². The summed E-state index contributed by atoms with van der Waals surface area (Å²) in [5.41, 5.74) is -1.56. The lowest BCUT2D eigenvalue weighted by Crippen LogP contribution is -2.65. The molecule has 5 aliphatic rings. The lowest BCUT2D eigenvalue weighted by atomic mass is 9.62. The second-order valence-corrected chi connectivity index (χ2v) is 15.6. The number of hydrogen-bond acceptors (Lipinski definition) is 12. The zero-order chi connectivity index (χ0) is 41.1. The minimum absolute atomic E-state index is 0.0523. The van der Waals surface area contributed by atoms with Crippen molar-refractivity contribution in [2.24, 2.45) is 11.3 Å². The van der Waals surface area contributed by atoms with E-state index in [1.54, 1.807) is 56.4 Å². The number of nitrogens with zero attached hydrogens (tertiary/aromatic N) is 1. The van der Waals surface area contributed by atoms with Gasteiger partial charge in [0.05, 0.1) is 18.2 Å². The maximum absolute atomic E-state index is 13.8. The summed E-state index contributed by atoms with van der Waals surface area (Å²) in [7, 11) is 1.30. The van der Waals surface area contributed by atoms with Crippen molar-refractivity contribution < 1.29 is 52.6 Å². The molecule has 0 aromatic heterocycles. The third-order valence-electron chi connectivity index (χ3n) is 12.2. The summed E-state index contributed by atoms with van der Waals surface area (Å²) in [5, 5.41) is 8.38. The van der Waals surface area contributed by atoms with E-state index in [4.69, 9.17) is 14.2 Å². The lowest BCUT2D eigenvalue weighted by molar-refractivity contribution is -0.235. The van der Waals surface area contributed by atoms with Crippen LogP contribution in [0.4, 0.5) is 5.69 Å². The van der Waals surface area contributed by atoms with Crippen LogP contribution in [0.3, 0.4) is 0 Å². The Hall–Kier alpha value is -5.60. The molecule has 5 atom stereocenters. The molecule has 2 aliphatic carbocycles. The number of carbonyl (C=O) groups excluding carboxylic acids is 8. The average Bonchev–Trinajstić information content (AvgIpc) is 3.50. The third kappa shape index (κ3) is 7.63. The summed E-state index contributed by atoms with van der Waals surface area (Å²) in [6, 6.07) is 3.93. The summed E-state index contributed by atoms with van der Waals surface area (Å²) in [5.74, 6) is -4.26. The number of carbonyl (C=O) groups is 8. The summed E-state index contributed by atoms with van der Waals surface area (Å²) >= 11 is 0. The van der Waals surface area contributed by atoms with Gasteiger partial charge in [-0.3, -0.25) is 43.8 Å². The molecule has 2 bridgehead atoms. The highest BCUT2D eigenvalue weighted by Gasteiger charge is 2.74. The number of benzene rings is 1. The van der Waals surface area contributed by atoms with Crippen LogP contribution >= 0.6 is 0 Å². The number of esters is 3. The molecule has 15 nitrogen and oxygen atoms in total. The number of imide groups is 2. The van der Waals surface area contributed by atoms with Gasteiger partial charge in [0, 0.05) is 49.2 Å². The molecule has 3 heterocycles. The molecule has 15 heteroatoms. The van der Waals surface area contributed by atoms with E-state index in [1.165, 1.54) is 14.0 Å². The van der Waals surface area contributed by atoms with Crippen LogP contribution in [0.2, 0.25) is 0 Å². The smallest absolute Gasteiger partial charge is 0.333 e. The van der Waals surface area contributed by atoms with Gasteiger partial charge in [-0.2, -0.15) is 0 Å². The molecule has 57 heavy (non-hydrogen) atoms. The Labute approximate surface area is 331 Å². The largest absolute Gasteiger partial charge is 0.466 e. The molecule has 5 amide bonds. The molecule has 1 aromatic rings. The number of anilines is 1. The maximum Gasteiger partial charge on any atom is 0.333 e. The van der Waals surface area contributed by atoms with Gasteiger partial charge >= 0.3 is 17.9 Å². The van der Waals surface area contributed by atoms with Gasteiger partial charge in [-0.25, -0.2) is 4.79 Å². The molecule has 0 spiro atoms. The Morgan fingerprint density at radius 3 is 2.46 bits per heavy atom. The van der Waals surface area contributed by atoms with Crippen LogP contribution in [0.1, 0.15) is 112 Å². The average molecular weight is 787 g/mol. The van der Waals surface area contributed by atoms with Crippen molar-refractivity contribution in [1.29, 1.82) is 0 Å². The summed E-state index contributed by atoms with van der Waals surface area (Å²) in [6.07, 6.45) is 11.9. The van der Waals surface area contributed by atoms with Crippen molar-refractivity contribution in [3.63, 3.8) is 0 Å². The second kappa shape index (κ2) is 16.5. The van der Waals surface area contributed by atoms with Crippen LogP contribution in [0.15, 0.2) is 53.6 Å². The van der Waals surface area contributed by atoms with Crippen molar-refractivity contribution in [3.05, 3.63) is 64.8 Å². The number of methoxy groups -OCH3 is 1. The van der Waals surface area contributed by atoms with Crippen LogP contribution < -0.4 is 16.0 Å². The molecule has 1 unspecified atom stereocenters. The van der Waals surface area contributed by atoms with E-state index < -0.39 is 64.2 Å². The number of hydrogen-bond donors (Lipinski definition) is 3. The van der Waals surface area contributed by atoms with Crippen molar-refractivity contribution in [2.75, 3.05) is 25.5 Å². The van der Waals surface area contributed by atoms with Crippen LogP contribution in [-0.2, 0) is 43.0 Å². The molecule has 1 saturated carbocycles. The first kappa shape index (κ1) is 41.0. The van der Waals surface area contributed by atoms with E-state index in [9.17, 15) is 38.4 Å². The van der Waals surface area contributed by atoms with Crippen LogP contribution in [-0.4, -0.2) is 89.8 Å². The van der Waals surface area contributed by atoms with Crippen LogP contribution in [0.25, 0.3) is 0 Å². The minimum atomic E-state index is -1.17. The first-order valence-corrected chi connectivity index (χ1v) is 19.6. The third-order valence-corrected chi connectivity index (χ3v) is 12.2. The van der Waals surface area contributed by atoms with Gasteiger partial charge in [0.25, 0.3) is 11.8 Å². The normalized spacial score (nSPS) is 28.2. The standard InChI is InChI=1S/C42H50N4O11/c1-25(11-10-19-40(3)31-18-21-41(39(54)57-40)20-16-27(38(53)55-4)17-22-42(31,41)56-26(2)47)34(49)44-24-8-6-5-7-23-43-29-13-9-12-28-33(29)37(52)46(36(28)51)30-14-15-32(48)45-35(30)50/h9-13,16,19,30-31,43H,5-8,14-15,17-18,20-24H2,1-4H3,(H,44,49)(H,45,48,50)/b19-10+,25-11+/t30?,31-,40-,41-,42+/m1/s1. The summed E-state index contributed by atoms with van der Waals surface area (Å²) in [4.78, 5) is 103. The fourth-order valence-corrected chi connectivity index (χ4v) is 9.29. The highest BCUT2D eigenvalue weighted by atomic mass is 16.6. The maximum atomic E-state index is 13.8. The monoisotopic (exact) mass is 786 g/mol. The molecule has 3 N–H and O–H groups in total. The number of ether oxygens (including phenoxy) is 3. The fraction of sp³-hybridized carbons (Fsp3) is 0.524. The zero-order valence-corrected chi connectivity index (χ0v) is 32.8. The quantitative estimate of drug-likeness (QED) is 0.0613. The van der Waals surface area contributed by atoms with E-state index in [2.05, 4.69) is 16.0 Å². The molecule has 304 valence electrons. The number of unbranched alkanes of at least 4 members (excludes halogenated alkanes) is 3. The van der Waals surface area contributed by atoms with E-state index in [1.807, 2.05) is 0 Å². The topological polar surface area (TPSA) is 204 Å². The highest BCUT2D eigenvalue weighted by Crippen LogP contribution is 2.65. The van der Waals surface area contributed by atoms with Crippen molar-refractivity contribution in [1.82, 2.24) is 15.5 Å². The molecule has 0 radical (unpaired) electrons. The summed E-state index contributed by atoms with van der Waals surface area (Å²) < 4.78 is 17.1. The molecule has 3 aliphatic heterocycles. The number of piperidine rings is 1. The van der Waals surface area contributed by atoms with E-state index in [0.717, 1.165) is 30.6 Å². The van der Waals surface area contributed by atoms with Crippen LogP contribution in [0, 0.1) is 11.3 Å². The molecule has 6 rings (SSSR count). The van der Waals surface area contributed by atoms with Crippen molar-refractivity contribution in [3.8, 4) is 0 Å². The Bertz CT molecular complexity index is 1990. The van der Waals surface area contributed by atoms with E-state index >= 15 is 0 Å². The number of amides is 5. The number of allylic oxidation sites excluding steroid dienone is 3. The number of cyclic esters (lactones) is 1. The molecule has 2 saturated heterocycles. The Balaban J connectivity index is 0.963. The number of rotatable bonds is 14. The summed E-state index contributed by atoms with van der Waals surface area (Å²) in [6.45, 7) is 5.81. The Morgan fingerprint density at radius 2 is 1.74 bits per heavy atom. The second-order valence-electron chi connectivity index (χ2n) is 15.6. The SMILES string of the molecule is COC(=O)C1=CC[C@@]23CC[C@H]([C@@](C)(/C=C/C=C(\C)C(=O)NCCCCCCNc4cccc5c4C(=O)N(C4CCC(=O)NC4=O)C5=O)OC2=O)[C@@]3(OC(C)=O)CC1. The zero-order valence-electron chi connectivity index (χ0n) is 32.8. The predicted octanol–water partition coefficient (Wildman–Crippen LogP) is 3.98. The lowest BCUT2D eigenvalue weighted by Gasteiger charge is -2.54. The first-order valence-electron chi connectivity index (χ1n) is 19.6. The van der Waals surface area contributed by atoms with Gasteiger partial charge in [0.2, 0.25) is 17.7 Å². The fourth-order valence-electron chi connectivity index (χ4n) is 9.29. The van der Waals surface area contributed by atoms with Gasteiger partial charge in [0.15, 0.2) is 0 Å². The number of nitrogens with one attached hydrogen (secondary N) is 3. The minimum Gasteiger partial charge on any atom is -0.466 e. The van der Waals surface area contributed by atoms with Crippen molar-refractivity contribution in [2.45, 2.75) is 109 Å². The van der Waals surface area contributed by atoms with E-state index in [-0.39, 0.29) is 55.1 Å². The Kier molecular flexibility index (Phi) is 11.9.